The van der Waals surface area contributed by atoms with Gasteiger partial charge in [0.1, 0.15) is 5.75 Å². The van der Waals surface area contributed by atoms with E-state index in [0.717, 1.165) is 5.69 Å². The van der Waals surface area contributed by atoms with Gasteiger partial charge in [-0.3, -0.25) is 4.90 Å². The SMILES string of the molecule is COc1ccccc1N[C@H]1CCN(CC(F)(F)F)C1. The van der Waals surface area contributed by atoms with Crippen LogP contribution < -0.4 is 10.1 Å². The summed E-state index contributed by atoms with van der Waals surface area (Å²) in [6.45, 7) is 0.0288. The van der Waals surface area contributed by atoms with Crippen LogP contribution in [0.3, 0.4) is 0 Å². The smallest absolute Gasteiger partial charge is 0.401 e. The molecule has 0 bridgehead atoms. The zero-order valence-corrected chi connectivity index (χ0v) is 10.7. The average Bonchev–Trinajstić information content (AvgIpc) is 2.75. The van der Waals surface area contributed by atoms with Crippen molar-refractivity contribution in [3.05, 3.63) is 24.3 Å². The van der Waals surface area contributed by atoms with E-state index in [9.17, 15) is 13.2 Å². The van der Waals surface area contributed by atoms with Crippen molar-refractivity contribution in [1.29, 1.82) is 0 Å². The van der Waals surface area contributed by atoms with Crippen LogP contribution in [0.5, 0.6) is 5.75 Å². The number of benzene rings is 1. The molecule has 6 heteroatoms. The van der Waals surface area contributed by atoms with Gasteiger partial charge in [-0.15, -0.1) is 0 Å². The van der Waals surface area contributed by atoms with Crippen molar-refractivity contribution in [2.24, 2.45) is 0 Å². The maximum Gasteiger partial charge on any atom is 0.401 e. The second-order valence-electron chi connectivity index (χ2n) is 4.68. The van der Waals surface area contributed by atoms with Crippen LogP contribution in [0.25, 0.3) is 0 Å². The molecule has 1 N–H and O–H groups in total. The maximum atomic E-state index is 12.3. The highest BCUT2D eigenvalue weighted by molar-refractivity contribution is 5.56. The van der Waals surface area contributed by atoms with Crippen molar-refractivity contribution in [3.8, 4) is 5.75 Å². The fraction of sp³-hybridized carbons (Fsp3) is 0.538. The van der Waals surface area contributed by atoms with Crippen LogP contribution in [0, 0.1) is 0 Å². The predicted molar refractivity (Wildman–Crippen MR) is 67.5 cm³/mol. The highest BCUT2D eigenvalue weighted by atomic mass is 19.4. The molecule has 0 saturated carbocycles. The first-order chi connectivity index (χ1) is 8.98. The number of anilines is 1. The second kappa shape index (κ2) is 5.69. The molecule has 0 radical (unpaired) electrons. The highest BCUT2D eigenvalue weighted by Crippen LogP contribution is 2.26. The Labute approximate surface area is 110 Å². The quantitative estimate of drug-likeness (QED) is 0.913. The third kappa shape index (κ3) is 4.02. The Kier molecular flexibility index (Phi) is 4.19. The summed E-state index contributed by atoms with van der Waals surface area (Å²) in [6, 6.07) is 7.44. The predicted octanol–water partition coefficient (Wildman–Crippen LogP) is 2.74. The van der Waals surface area contributed by atoms with Gasteiger partial charge in [0.05, 0.1) is 19.3 Å². The summed E-state index contributed by atoms with van der Waals surface area (Å²) in [7, 11) is 1.57. The van der Waals surface area contributed by atoms with Crippen molar-refractivity contribution in [2.75, 3.05) is 32.1 Å². The molecule has 106 valence electrons. The van der Waals surface area contributed by atoms with Crippen molar-refractivity contribution in [3.63, 3.8) is 0 Å². The number of halogens is 3. The first kappa shape index (κ1) is 14.0. The lowest BCUT2D eigenvalue weighted by Crippen LogP contribution is -2.34. The molecule has 1 fully saturated rings. The van der Waals surface area contributed by atoms with Crippen LogP contribution in [0.15, 0.2) is 24.3 Å². The van der Waals surface area contributed by atoms with E-state index in [-0.39, 0.29) is 6.04 Å². The van der Waals surface area contributed by atoms with E-state index in [4.69, 9.17) is 4.74 Å². The standard InChI is InChI=1S/C13H17F3N2O/c1-19-12-5-3-2-4-11(12)17-10-6-7-18(8-10)9-13(14,15)16/h2-5,10,17H,6-9H2,1H3/t10-/m0/s1. The molecule has 19 heavy (non-hydrogen) atoms. The monoisotopic (exact) mass is 274 g/mol. The van der Waals surface area contributed by atoms with Crippen LogP contribution >= 0.6 is 0 Å². The van der Waals surface area contributed by atoms with Gasteiger partial charge in [0, 0.05) is 19.1 Å². The molecule has 1 aromatic rings. The molecule has 1 aliphatic heterocycles. The first-order valence-electron chi connectivity index (χ1n) is 6.16. The number of rotatable bonds is 4. The zero-order chi connectivity index (χ0) is 13.9. The number of alkyl halides is 3. The van der Waals surface area contributed by atoms with E-state index in [2.05, 4.69) is 5.32 Å². The summed E-state index contributed by atoms with van der Waals surface area (Å²) in [5.41, 5.74) is 0.823. The van der Waals surface area contributed by atoms with Gasteiger partial charge in [0.25, 0.3) is 0 Å². The molecule has 0 unspecified atom stereocenters. The Balaban J connectivity index is 1.91. The molecule has 3 nitrogen and oxygen atoms in total. The number of ether oxygens (including phenoxy) is 1. The summed E-state index contributed by atoms with van der Waals surface area (Å²) in [5.74, 6) is 0.705. The van der Waals surface area contributed by atoms with Gasteiger partial charge in [0.2, 0.25) is 0 Å². The van der Waals surface area contributed by atoms with Gasteiger partial charge in [-0.25, -0.2) is 0 Å². The van der Waals surface area contributed by atoms with Crippen LogP contribution in [0.1, 0.15) is 6.42 Å². The maximum absolute atomic E-state index is 12.3. The fourth-order valence-corrected chi connectivity index (χ4v) is 2.33. The zero-order valence-electron chi connectivity index (χ0n) is 10.7. The number of hydrogen-bond acceptors (Lipinski definition) is 3. The van der Waals surface area contributed by atoms with Crippen LogP contribution in [-0.4, -0.2) is 43.9 Å². The van der Waals surface area contributed by atoms with Gasteiger partial charge in [-0.1, -0.05) is 12.1 Å². The van der Waals surface area contributed by atoms with Crippen molar-refractivity contribution < 1.29 is 17.9 Å². The molecule has 1 aliphatic rings. The van der Waals surface area contributed by atoms with E-state index in [0.29, 0.717) is 25.3 Å². The third-order valence-corrected chi connectivity index (χ3v) is 3.14. The lowest BCUT2D eigenvalue weighted by Gasteiger charge is -2.19. The van der Waals surface area contributed by atoms with Gasteiger partial charge >= 0.3 is 6.18 Å². The van der Waals surface area contributed by atoms with Crippen LogP contribution in [0.4, 0.5) is 18.9 Å². The third-order valence-electron chi connectivity index (χ3n) is 3.14. The Morgan fingerprint density at radius 2 is 2.11 bits per heavy atom. The van der Waals surface area contributed by atoms with Crippen LogP contribution in [-0.2, 0) is 0 Å². The molecule has 1 aromatic carbocycles. The van der Waals surface area contributed by atoms with Gasteiger partial charge in [0.15, 0.2) is 0 Å². The van der Waals surface area contributed by atoms with E-state index in [1.54, 1.807) is 7.11 Å². The molecule has 0 aliphatic carbocycles. The summed E-state index contributed by atoms with van der Waals surface area (Å²) in [5, 5.41) is 3.24. The largest absolute Gasteiger partial charge is 0.495 e. The van der Waals surface area contributed by atoms with E-state index >= 15 is 0 Å². The fourth-order valence-electron chi connectivity index (χ4n) is 2.33. The van der Waals surface area contributed by atoms with Crippen LogP contribution in [0.2, 0.25) is 0 Å². The highest BCUT2D eigenvalue weighted by Gasteiger charge is 2.34. The van der Waals surface area contributed by atoms with Gasteiger partial charge < -0.3 is 10.1 Å². The Morgan fingerprint density at radius 3 is 2.79 bits per heavy atom. The molecule has 1 heterocycles. The lowest BCUT2D eigenvalue weighted by atomic mass is 10.2. The Bertz CT molecular complexity index is 423. The number of nitrogens with one attached hydrogen (secondary N) is 1. The summed E-state index contributed by atoms with van der Waals surface area (Å²) in [4.78, 5) is 1.42. The van der Waals surface area contributed by atoms with Gasteiger partial charge in [-0.05, 0) is 18.6 Å². The molecule has 0 amide bonds. The average molecular weight is 274 g/mol. The van der Waals surface area contributed by atoms with Crippen molar-refractivity contribution in [2.45, 2.75) is 18.6 Å². The summed E-state index contributed by atoms with van der Waals surface area (Å²) < 4.78 is 42.1. The number of nitrogens with zero attached hydrogens (tertiary/aromatic N) is 1. The number of methoxy groups -OCH3 is 1. The second-order valence-corrected chi connectivity index (χ2v) is 4.68. The minimum atomic E-state index is -4.13. The topological polar surface area (TPSA) is 24.5 Å². The molecule has 1 saturated heterocycles. The molecular formula is C13H17F3N2O. The minimum Gasteiger partial charge on any atom is -0.495 e. The molecule has 0 aromatic heterocycles. The van der Waals surface area contributed by atoms with E-state index in [1.165, 1.54) is 4.90 Å². The Morgan fingerprint density at radius 1 is 1.37 bits per heavy atom. The number of likely N-dealkylation sites (tertiary alicyclic amines) is 1. The summed E-state index contributed by atoms with van der Waals surface area (Å²) in [6.07, 6.45) is -3.42. The lowest BCUT2D eigenvalue weighted by molar-refractivity contribution is -0.143. The molecule has 0 spiro atoms. The molecule has 2 rings (SSSR count). The molecule has 1 atom stereocenters. The summed E-state index contributed by atoms with van der Waals surface area (Å²) >= 11 is 0. The van der Waals surface area contributed by atoms with E-state index in [1.807, 2.05) is 24.3 Å². The normalized spacial score (nSPS) is 20.5. The number of hydrogen-bond donors (Lipinski definition) is 1. The molecular weight excluding hydrogens is 257 g/mol. The van der Waals surface area contributed by atoms with Crippen molar-refractivity contribution in [1.82, 2.24) is 4.90 Å². The van der Waals surface area contributed by atoms with Gasteiger partial charge in [-0.2, -0.15) is 13.2 Å². The first-order valence-corrected chi connectivity index (χ1v) is 6.16. The number of para-hydroxylation sites is 2. The van der Waals surface area contributed by atoms with Crippen molar-refractivity contribution >= 4 is 5.69 Å². The minimum absolute atomic E-state index is 0.0265. The van der Waals surface area contributed by atoms with E-state index < -0.39 is 12.7 Å². The Hall–Kier alpha value is -1.43.